The van der Waals surface area contributed by atoms with Crippen LogP contribution < -0.4 is 0 Å². The standard InChI is InChI=1S/C28H31NO2S/c1-18(2)23-15-21(16-25(30)31-19(3)4)28(32-5)27-26(23)22-13-9-10-14-24(22)29(27)17-20-11-7-6-8-12-20/h6-15,18-19H,16-17H2,1-5H3. The highest BCUT2D eigenvalue weighted by molar-refractivity contribution is 7.98. The van der Waals surface area contributed by atoms with Gasteiger partial charge in [-0.2, -0.15) is 0 Å². The van der Waals surface area contributed by atoms with Gasteiger partial charge in [-0.05, 0) is 48.8 Å². The molecule has 4 aromatic rings. The summed E-state index contributed by atoms with van der Waals surface area (Å²) in [5, 5.41) is 2.57. The van der Waals surface area contributed by atoms with Gasteiger partial charge in [0.2, 0.25) is 0 Å². The van der Waals surface area contributed by atoms with Crippen molar-refractivity contribution in [3.8, 4) is 0 Å². The fourth-order valence-electron chi connectivity index (χ4n) is 4.51. The normalized spacial score (nSPS) is 11.7. The Balaban J connectivity index is 2.03. The SMILES string of the molecule is CSc1c(CC(=O)OC(C)C)cc(C(C)C)c2c3ccccc3n(Cc3ccccc3)c12. The molecule has 0 saturated carbocycles. The number of hydrogen-bond donors (Lipinski definition) is 0. The van der Waals surface area contributed by atoms with Crippen LogP contribution >= 0.6 is 11.8 Å². The zero-order chi connectivity index (χ0) is 22.8. The average Bonchev–Trinajstić information content (AvgIpc) is 3.07. The Hall–Kier alpha value is -2.72. The maximum Gasteiger partial charge on any atom is 0.310 e. The van der Waals surface area contributed by atoms with Crippen molar-refractivity contribution in [3.05, 3.63) is 77.4 Å². The number of para-hydroxylation sites is 1. The molecular formula is C28H31NO2S. The highest BCUT2D eigenvalue weighted by Gasteiger charge is 2.23. The summed E-state index contributed by atoms with van der Waals surface area (Å²) in [4.78, 5) is 13.8. The second kappa shape index (κ2) is 9.41. The van der Waals surface area contributed by atoms with E-state index in [0.717, 1.165) is 17.0 Å². The first-order chi connectivity index (χ1) is 15.4. The van der Waals surface area contributed by atoms with Crippen LogP contribution in [0, 0.1) is 0 Å². The lowest BCUT2D eigenvalue weighted by molar-refractivity contribution is -0.146. The molecule has 0 spiro atoms. The molecule has 3 nitrogen and oxygen atoms in total. The van der Waals surface area contributed by atoms with E-state index in [4.69, 9.17) is 4.74 Å². The van der Waals surface area contributed by atoms with Gasteiger partial charge in [-0.25, -0.2) is 0 Å². The van der Waals surface area contributed by atoms with Crippen molar-refractivity contribution < 1.29 is 9.53 Å². The number of esters is 1. The number of rotatable bonds is 7. The second-order valence-corrected chi connectivity index (χ2v) is 9.66. The first-order valence-electron chi connectivity index (χ1n) is 11.2. The third-order valence-corrected chi connectivity index (χ3v) is 6.67. The second-order valence-electron chi connectivity index (χ2n) is 8.84. The van der Waals surface area contributed by atoms with Crippen LogP contribution in [0.3, 0.4) is 0 Å². The molecule has 0 fully saturated rings. The van der Waals surface area contributed by atoms with Gasteiger partial charge in [0.25, 0.3) is 0 Å². The molecule has 0 N–H and O–H groups in total. The molecule has 0 aliphatic heterocycles. The molecule has 0 radical (unpaired) electrons. The highest BCUT2D eigenvalue weighted by atomic mass is 32.2. The van der Waals surface area contributed by atoms with Gasteiger partial charge in [0.15, 0.2) is 0 Å². The molecule has 1 heterocycles. The molecule has 0 aliphatic carbocycles. The molecule has 4 heteroatoms. The monoisotopic (exact) mass is 445 g/mol. The Kier molecular flexibility index (Phi) is 6.61. The van der Waals surface area contributed by atoms with Crippen molar-refractivity contribution in [1.29, 1.82) is 0 Å². The van der Waals surface area contributed by atoms with Gasteiger partial charge < -0.3 is 9.30 Å². The number of aromatic nitrogens is 1. The summed E-state index contributed by atoms with van der Waals surface area (Å²) < 4.78 is 7.92. The Morgan fingerprint density at radius 1 is 1.00 bits per heavy atom. The van der Waals surface area contributed by atoms with E-state index in [9.17, 15) is 4.79 Å². The first kappa shape index (κ1) is 22.5. The number of fused-ring (bicyclic) bond motifs is 3. The minimum absolute atomic E-state index is 0.113. The Labute approximate surface area is 194 Å². The van der Waals surface area contributed by atoms with Crippen molar-refractivity contribution in [2.45, 2.75) is 57.6 Å². The Bertz CT molecular complexity index is 1260. The summed E-state index contributed by atoms with van der Waals surface area (Å²) in [6.45, 7) is 9.04. The van der Waals surface area contributed by atoms with E-state index in [-0.39, 0.29) is 18.5 Å². The number of carbonyl (C=O) groups is 1. The van der Waals surface area contributed by atoms with E-state index in [1.807, 2.05) is 13.8 Å². The Morgan fingerprint density at radius 3 is 2.34 bits per heavy atom. The number of carbonyl (C=O) groups excluding carboxylic acids is 1. The van der Waals surface area contributed by atoms with Gasteiger partial charge in [-0.3, -0.25) is 4.79 Å². The summed E-state index contributed by atoms with van der Waals surface area (Å²) in [7, 11) is 0. The number of thioether (sulfide) groups is 1. The molecule has 0 amide bonds. The zero-order valence-electron chi connectivity index (χ0n) is 19.5. The van der Waals surface area contributed by atoms with Crippen LogP contribution in [0.4, 0.5) is 0 Å². The van der Waals surface area contributed by atoms with Crippen molar-refractivity contribution in [3.63, 3.8) is 0 Å². The maximum absolute atomic E-state index is 12.6. The largest absolute Gasteiger partial charge is 0.463 e. The molecule has 0 bridgehead atoms. The third kappa shape index (κ3) is 4.29. The topological polar surface area (TPSA) is 31.2 Å². The van der Waals surface area contributed by atoms with Gasteiger partial charge >= 0.3 is 5.97 Å². The van der Waals surface area contributed by atoms with E-state index in [1.54, 1.807) is 11.8 Å². The first-order valence-corrected chi connectivity index (χ1v) is 12.5. The summed E-state index contributed by atoms with van der Waals surface area (Å²) in [6, 6.07) is 21.5. The molecule has 166 valence electrons. The van der Waals surface area contributed by atoms with Crippen molar-refractivity contribution in [2.75, 3.05) is 6.26 Å². The predicted octanol–water partition coefficient (Wildman–Crippen LogP) is 7.18. The summed E-state index contributed by atoms with van der Waals surface area (Å²) in [5.74, 6) is 0.166. The van der Waals surface area contributed by atoms with Crippen LogP contribution in [0.2, 0.25) is 0 Å². The van der Waals surface area contributed by atoms with Crippen LogP contribution in [-0.4, -0.2) is 22.9 Å². The quantitative estimate of drug-likeness (QED) is 0.223. The zero-order valence-corrected chi connectivity index (χ0v) is 20.3. The number of nitrogens with zero attached hydrogens (tertiary/aromatic N) is 1. The molecule has 0 atom stereocenters. The highest BCUT2D eigenvalue weighted by Crippen LogP contribution is 2.42. The van der Waals surface area contributed by atoms with E-state index < -0.39 is 0 Å². The van der Waals surface area contributed by atoms with E-state index in [0.29, 0.717) is 5.92 Å². The Morgan fingerprint density at radius 2 is 1.69 bits per heavy atom. The fraction of sp³-hybridized carbons (Fsp3) is 0.321. The van der Waals surface area contributed by atoms with Crippen molar-refractivity contribution in [2.24, 2.45) is 0 Å². The minimum Gasteiger partial charge on any atom is -0.463 e. The number of hydrogen-bond acceptors (Lipinski definition) is 3. The van der Waals surface area contributed by atoms with E-state index in [1.165, 1.54) is 32.9 Å². The van der Waals surface area contributed by atoms with Gasteiger partial charge in [-0.1, -0.05) is 68.4 Å². The van der Waals surface area contributed by atoms with Gasteiger partial charge in [0.05, 0.1) is 18.0 Å². The summed E-state index contributed by atoms with van der Waals surface area (Å²) in [5.41, 5.74) is 6.05. The lowest BCUT2D eigenvalue weighted by Crippen LogP contribution is -2.14. The van der Waals surface area contributed by atoms with Crippen molar-refractivity contribution in [1.82, 2.24) is 4.57 Å². The molecule has 32 heavy (non-hydrogen) atoms. The molecular weight excluding hydrogens is 414 g/mol. The fourth-order valence-corrected chi connectivity index (χ4v) is 5.31. The van der Waals surface area contributed by atoms with Crippen LogP contribution in [0.15, 0.2) is 65.6 Å². The molecule has 3 aromatic carbocycles. The number of benzene rings is 3. The van der Waals surface area contributed by atoms with Crippen LogP contribution in [0.1, 0.15) is 50.3 Å². The third-order valence-electron chi connectivity index (χ3n) is 5.81. The molecule has 1 aromatic heterocycles. The van der Waals surface area contributed by atoms with Crippen LogP contribution in [0.25, 0.3) is 21.8 Å². The van der Waals surface area contributed by atoms with Gasteiger partial charge in [-0.15, -0.1) is 11.8 Å². The maximum atomic E-state index is 12.6. The van der Waals surface area contributed by atoms with Gasteiger partial charge in [0, 0.05) is 27.7 Å². The smallest absolute Gasteiger partial charge is 0.310 e. The molecule has 0 saturated heterocycles. The van der Waals surface area contributed by atoms with Crippen molar-refractivity contribution >= 4 is 39.5 Å². The van der Waals surface area contributed by atoms with E-state index >= 15 is 0 Å². The van der Waals surface area contributed by atoms with Crippen LogP contribution in [-0.2, 0) is 22.5 Å². The molecule has 4 rings (SSSR count). The molecule has 0 unspecified atom stereocenters. The van der Waals surface area contributed by atoms with Crippen LogP contribution in [0.5, 0.6) is 0 Å². The summed E-state index contributed by atoms with van der Waals surface area (Å²) >= 11 is 1.72. The average molecular weight is 446 g/mol. The summed E-state index contributed by atoms with van der Waals surface area (Å²) in [6.07, 6.45) is 2.28. The van der Waals surface area contributed by atoms with E-state index in [2.05, 4.69) is 85.3 Å². The minimum atomic E-state index is -0.171. The predicted molar refractivity (Wildman–Crippen MR) is 136 cm³/mol. The van der Waals surface area contributed by atoms with Gasteiger partial charge in [0.1, 0.15) is 0 Å². The molecule has 0 aliphatic rings. The lowest BCUT2D eigenvalue weighted by Gasteiger charge is -2.18. The number of ether oxygens (including phenoxy) is 1. The lowest BCUT2D eigenvalue weighted by atomic mass is 9.94.